The van der Waals surface area contributed by atoms with Crippen LogP contribution < -0.4 is 5.32 Å². The average molecular weight is 225 g/mol. The first-order chi connectivity index (χ1) is 7.74. The van der Waals surface area contributed by atoms with Crippen LogP contribution in [0, 0.1) is 0 Å². The van der Waals surface area contributed by atoms with E-state index in [1.165, 1.54) is 51.4 Å². The summed E-state index contributed by atoms with van der Waals surface area (Å²) >= 11 is 0. The van der Waals surface area contributed by atoms with Crippen molar-refractivity contribution in [2.45, 2.75) is 84.2 Å². The van der Waals surface area contributed by atoms with Gasteiger partial charge in [0.2, 0.25) is 0 Å². The number of nitrogens with one attached hydrogen (secondary N) is 1. The van der Waals surface area contributed by atoms with E-state index in [1.54, 1.807) is 0 Å². The molecule has 0 saturated carbocycles. The molecular formula is C15H31N. The summed E-state index contributed by atoms with van der Waals surface area (Å²) in [7, 11) is 0. The minimum absolute atomic E-state index is 0.452. The zero-order valence-electron chi connectivity index (χ0n) is 11.6. The molecule has 1 unspecified atom stereocenters. The third-order valence-electron chi connectivity index (χ3n) is 3.16. The van der Waals surface area contributed by atoms with Crippen LogP contribution in [0.1, 0.15) is 72.1 Å². The molecule has 0 radical (unpaired) electrons. The van der Waals surface area contributed by atoms with Crippen LogP contribution >= 0.6 is 0 Å². The van der Waals surface area contributed by atoms with Crippen molar-refractivity contribution in [3.8, 4) is 0 Å². The van der Waals surface area contributed by atoms with Gasteiger partial charge >= 0.3 is 0 Å². The molecule has 0 bridgehead atoms. The van der Waals surface area contributed by atoms with Gasteiger partial charge in [0.1, 0.15) is 0 Å². The molecule has 1 nitrogen and oxygen atoms in total. The summed E-state index contributed by atoms with van der Waals surface area (Å²) in [6.07, 6.45) is 12.8. The molecule has 0 aliphatic rings. The Bertz CT molecular complexity index is 144. The van der Waals surface area contributed by atoms with Crippen molar-refractivity contribution < 1.29 is 0 Å². The molecule has 96 valence electrons. The molecule has 1 N–H and O–H groups in total. The van der Waals surface area contributed by atoms with Crippen LogP contribution in [0.5, 0.6) is 0 Å². The summed E-state index contributed by atoms with van der Waals surface area (Å²) in [6.45, 7) is 10.6. The summed E-state index contributed by atoms with van der Waals surface area (Å²) in [6, 6.07) is 1.15. The maximum atomic E-state index is 3.84. The first kappa shape index (κ1) is 15.7. The topological polar surface area (TPSA) is 12.0 Å². The first-order valence-electron chi connectivity index (χ1n) is 7.13. The van der Waals surface area contributed by atoms with Crippen LogP contribution in [-0.4, -0.2) is 12.1 Å². The predicted octanol–water partition coefficient (Wildman–Crippen LogP) is 4.68. The second-order valence-electron chi connectivity index (χ2n) is 4.88. The lowest BCUT2D eigenvalue weighted by Gasteiger charge is -2.21. The maximum Gasteiger partial charge on any atom is 0.0221 e. The molecular weight excluding hydrogens is 194 g/mol. The van der Waals surface area contributed by atoms with E-state index in [9.17, 15) is 0 Å². The number of hydrogen-bond acceptors (Lipinski definition) is 1. The van der Waals surface area contributed by atoms with Crippen LogP contribution in [0.2, 0.25) is 0 Å². The van der Waals surface area contributed by atoms with Crippen molar-refractivity contribution in [3.63, 3.8) is 0 Å². The quantitative estimate of drug-likeness (QED) is 0.398. The van der Waals surface area contributed by atoms with Crippen molar-refractivity contribution in [2.24, 2.45) is 0 Å². The third kappa shape index (κ3) is 8.96. The van der Waals surface area contributed by atoms with Crippen molar-refractivity contribution in [2.75, 3.05) is 0 Å². The Morgan fingerprint density at radius 3 is 1.88 bits per heavy atom. The second kappa shape index (κ2) is 11.2. The van der Waals surface area contributed by atoms with Gasteiger partial charge in [-0.05, 0) is 19.8 Å². The van der Waals surface area contributed by atoms with Gasteiger partial charge in [0.25, 0.3) is 0 Å². The van der Waals surface area contributed by atoms with Gasteiger partial charge in [-0.1, -0.05) is 58.4 Å². The van der Waals surface area contributed by atoms with Crippen molar-refractivity contribution in [3.05, 3.63) is 12.7 Å². The molecule has 16 heavy (non-hydrogen) atoms. The van der Waals surface area contributed by atoms with E-state index in [1.807, 2.05) is 6.08 Å². The van der Waals surface area contributed by atoms with Crippen LogP contribution in [0.3, 0.4) is 0 Å². The van der Waals surface area contributed by atoms with E-state index < -0.39 is 0 Å². The lowest BCUT2D eigenvalue weighted by molar-refractivity contribution is 0.403. The maximum absolute atomic E-state index is 3.84. The Hall–Kier alpha value is -0.300. The number of unbranched alkanes of at least 4 members (excludes halogenated alkanes) is 4. The van der Waals surface area contributed by atoms with E-state index in [4.69, 9.17) is 0 Å². The summed E-state index contributed by atoms with van der Waals surface area (Å²) in [5, 5.41) is 3.67. The Morgan fingerprint density at radius 2 is 1.50 bits per heavy atom. The molecule has 0 rings (SSSR count). The van der Waals surface area contributed by atoms with Gasteiger partial charge < -0.3 is 5.32 Å². The van der Waals surface area contributed by atoms with E-state index in [2.05, 4.69) is 32.7 Å². The molecule has 0 amide bonds. The highest BCUT2D eigenvalue weighted by atomic mass is 14.9. The predicted molar refractivity (Wildman–Crippen MR) is 74.9 cm³/mol. The summed E-state index contributed by atoms with van der Waals surface area (Å²) in [5.74, 6) is 0. The Morgan fingerprint density at radius 1 is 1.00 bits per heavy atom. The monoisotopic (exact) mass is 225 g/mol. The van der Waals surface area contributed by atoms with Crippen molar-refractivity contribution in [1.82, 2.24) is 5.32 Å². The third-order valence-corrected chi connectivity index (χ3v) is 3.16. The summed E-state index contributed by atoms with van der Waals surface area (Å²) in [5.41, 5.74) is 0. The Labute approximate surface area is 103 Å². The second-order valence-corrected chi connectivity index (χ2v) is 4.88. The number of rotatable bonds is 11. The van der Waals surface area contributed by atoms with Gasteiger partial charge in [-0.15, -0.1) is 6.58 Å². The SMILES string of the molecule is C=CC(C)NC(CCCCC)CCCCC. The van der Waals surface area contributed by atoms with E-state index in [-0.39, 0.29) is 0 Å². The van der Waals surface area contributed by atoms with Crippen LogP contribution in [0.15, 0.2) is 12.7 Å². The lowest BCUT2D eigenvalue weighted by atomic mass is 10.0. The fraction of sp³-hybridized carbons (Fsp3) is 0.867. The van der Waals surface area contributed by atoms with Crippen molar-refractivity contribution >= 4 is 0 Å². The molecule has 0 aromatic rings. The van der Waals surface area contributed by atoms with Crippen LogP contribution in [0.4, 0.5) is 0 Å². The fourth-order valence-electron chi connectivity index (χ4n) is 2.03. The van der Waals surface area contributed by atoms with Gasteiger partial charge in [0.15, 0.2) is 0 Å². The first-order valence-corrected chi connectivity index (χ1v) is 7.13. The lowest BCUT2D eigenvalue weighted by Crippen LogP contribution is -2.35. The highest BCUT2D eigenvalue weighted by Crippen LogP contribution is 2.11. The van der Waals surface area contributed by atoms with Gasteiger partial charge in [0.05, 0.1) is 0 Å². The van der Waals surface area contributed by atoms with Gasteiger partial charge in [-0.3, -0.25) is 0 Å². The molecule has 0 aliphatic heterocycles. The fourth-order valence-corrected chi connectivity index (χ4v) is 2.03. The smallest absolute Gasteiger partial charge is 0.0221 e. The summed E-state index contributed by atoms with van der Waals surface area (Å²) < 4.78 is 0. The molecule has 0 aliphatic carbocycles. The molecule has 1 heteroatoms. The molecule has 0 heterocycles. The minimum atomic E-state index is 0.452. The zero-order valence-corrected chi connectivity index (χ0v) is 11.6. The molecule has 0 aromatic carbocycles. The van der Waals surface area contributed by atoms with Gasteiger partial charge in [0, 0.05) is 12.1 Å². The molecule has 1 atom stereocenters. The van der Waals surface area contributed by atoms with Crippen molar-refractivity contribution in [1.29, 1.82) is 0 Å². The zero-order chi connectivity index (χ0) is 12.2. The highest BCUT2D eigenvalue weighted by Gasteiger charge is 2.09. The number of hydrogen-bond donors (Lipinski definition) is 1. The Kier molecular flexibility index (Phi) is 11.0. The van der Waals surface area contributed by atoms with Gasteiger partial charge in [-0.2, -0.15) is 0 Å². The van der Waals surface area contributed by atoms with E-state index in [0.29, 0.717) is 12.1 Å². The van der Waals surface area contributed by atoms with E-state index in [0.717, 1.165) is 0 Å². The standard InChI is InChI=1S/C15H31N/c1-5-8-10-12-15(13-11-9-6-2)16-14(4)7-3/h7,14-16H,3,5-6,8-13H2,1-2,4H3. The minimum Gasteiger partial charge on any atom is -0.308 e. The van der Waals surface area contributed by atoms with E-state index >= 15 is 0 Å². The summed E-state index contributed by atoms with van der Waals surface area (Å²) in [4.78, 5) is 0. The average Bonchev–Trinajstić information content (AvgIpc) is 2.29. The normalized spacial score (nSPS) is 13.0. The molecule has 0 saturated heterocycles. The highest BCUT2D eigenvalue weighted by molar-refractivity contribution is 4.84. The molecule has 0 aromatic heterocycles. The molecule has 0 spiro atoms. The van der Waals surface area contributed by atoms with Crippen LogP contribution in [0.25, 0.3) is 0 Å². The van der Waals surface area contributed by atoms with Gasteiger partial charge in [-0.25, -0.2) is 0 Å². The Balaban J connectivity index is 3.79. The van der Waals surface area contributed by atoms with Crippen LogP contribution in [-0.2, 0) is 0 Å². The largest absolute Gasteiger partial charge is 0.308 e. The molecule has 0 fully saturated rings.